The molecule has 0 aliphatic heterocycles. The molecule has 140 valence electrons. The fourth-order valence-corrected chi connectivity index (χ4v) is 2.30. The van der Waals surface area contributed by atoms with Crippen LogP contribution >= 0.6 is 0 Å². The largest absolute Gasteiger partial charge is 0.494 e. The van der Waals surface area contributed by atoms with Gasteiger partial charge in [0.2, 0.25) is 0 Å². The molecule has 26 heavy (non-hydrogen) atoms. The molecule has 0 heterocycles. The minimum Gasteiger partial charge on any atom is -0.494 e. The number of hydrogen-bond acceptors (Lipinski definition) is 5. The molecular weight excluding hydrogens is 334 g/mol. The number of ether oxygens (including phenoxy) is 4. The molecule has 0 spiro atoms. The summed E-state index contributed by atoms with van der Waals surface area (Å²) < 4.78 is 21.5. The third kappa shape index (κ3) is 5.67. The number of amides is 1. The number of carbonyl (C=O) groups is 1. The van der Waals surface area contributed by atoms with Crippen molar-refractivity contribution >= 4 is 11.6 Å². The van der Waals surface area contributed by atoms with Crippen LogP contribution in [0.3, 0.4) is 0 Å². The summed E-state index contributed by atoms with van der Waals surface area (Å²) in [7, 11) is 1.62. The van der Waals surface area contributed by atoms with Crippen molar-refractivity contribution < 1.29 is 23.7 Å². The smallest absolute Gasteiger partial charge is 0.259 e. The summed E-state index contributed by atoms with van der Waals surface area (Å²) in [4.78, 5) is 12.6. The summed E-state index contributed by atoms with van der Waals surface area (Å²) in [6.07, 6.45) is 0. The van der Waals surface area contributed by atoms with Crippen molar-refractivity contribution in [3.8, 4) is 17.2 Å². The molecule has 0 aliphatic carbocycles. The van der Waals surface area contributed by atoms with Crippen LogP contribution in [0.1, 0.15) is 24.2 Å². The van der Waals surface area contributed by atoms with Gasteiger partial charge >= 0.3 is 0 Å². The maximum absolute atomic E-state index is 12.6. The van der Waals surface area contributed by atoms with Crippen LogP contribution in [-0.2, 0) is 4.74 Å². The molecule has 0 unspecified atom stereocenters. The highest BCUT2D eigenvalue weighted by atomic mass is 16.5. The first-order chi connectivity index (χ1) is 12.7. The molecule has 2 rings (SSSR count). The van der Waals surface area contributed by atoms with Gasteiger partial charge in [-0.2, -0.15) is 0 Å². The molecule has 0 aromatic heterocycles. The summed E-state index contributed by atoms with van der Waals surface area (Å²) >= 11 is 0. The van der Waals surface area contributed by atoms with Crippen molar-refractivity contribution in [1.82, 2.24) is 0 Å². The van der Waals surface area contributed by atoms with E-state index in [1.54, 1.807) is 49.6 Å². The molecule has 0 saturated carbocycles. The molecule has 1 N–H and O–H groups in total. The lowest BCUT2D eigenvalue weighted by Gasteiger charge is -2.13. The van der Waals surface area contributed by atoms with Crippen LogP contribution in [-0.4, -0.2) is 39.4 Å². The van der Waals surface area contributed by atoms with E-state index in [4.69, 9.17) is 18.9 Å². The van der Waals surface area contributed by atoms with E-state index < -0.39 is 0 Å². The second kappa shape index (κ2) is 10.3. The first-order valence-corrected chi connectivity index (χ1v) is 8.60. The third-order valence-corrected chi connectivity index (χ3v) is 3.48. The Morgan fingerprint density at radius 3 is 2.23 bits per heavy atom. The SMILES string of the molecule is CCOc1ccc(C(=O)Nc2ccc(OCCOC)cc2)c(OCC)c1. The van der Waals surface area contributed by atoms with Crippen molar-refractivity contribution in [1.29, 1.82) is 0 Å². The summed E-state index contributed by atoms with van der Waals surface area (Å²) in [6, 6.07) is 12.4. The zero-order valence-electron chi connectivity index (χ0n) is 15.4. The predicted molar refractivity (Wildman–Crippen MR) is 101 cm³/mol. The topological polar surface area (TPSA) is 66.0 Å². The molecule has 0 fully saturated rings. The minimum atomic E-state index is -0.246. The molecule has 0 atom stereocenters. The lowest BCUT2D eigenvalue weighted by molar-refractivity contribution is 0.102. The molecule has 2 aromatic carbocycles. The van der Waals surface area contributed by atoms with E-state index in [1.807, 2.05) is 13.8 Å². The van der Waals surface area contributed by atoms with Gasteiger partial charge in [-0.05, 0) is 50.2 Å². The van der Waals surface area contributed by atoms with E-state index in [9.17, 15) is 4.79 Å². The van der Waals surface area contributed by atoms with Crippen molar-refractivity contribution in [3.05, 3.63) is 48.0 Å². The Hall–Kier alpha value is -2.73. The number of anilines is 1. The number of nitrogens with one attached hydrogen (secondary N) is 1. The second-order valence-corrected chi connectivity index (χ2v) is 5.34. The normalized spacial score (nSPS) is 10.3. The van der Waals surface area contributed by atoms with E-state index in [1.165, 1.54) is 0 Å². The van der Waals surface area contributed by atoms with E-state index in [0.717, 1.165) is 5.75 Å². The molecule has 0 aliphatic rings. The maximum atomic E-state index is 12.6. The lowest BCUT2D eigenvalue weighted by atomic mass is 10.1. The van der Waals surface area contributed by atoms with Gasteiger partial charge in [0, 0.05) is 18.9 Å². The van der Waals surface area contributed by atoms with Gasteiger partial charge in [0.25, 0.3) is 5.91 Å². The number of carbonyl (C=O) groups excluding carboxylic acids is 1. The van der Waals surface area contributed by atoms with Gasteiger partial charge in [-0.15, -0.1) is 0 Å². The maximum Gasteiger partial charge on any atom is 0.259 e. The highest BCUT2D eigenvalue weighted by Crippen LogP contribution is 2.26. The highest BCUT2D eigenvalue weighted by Gasteiger charge is 2.14. The standard InChI is InChI=1S/C20H25NO5/c1-4-24-17-10-11-18(19(14-17)25-5-2)20(22)21-15-6-8-16(9-7-15)26-13-12-23-3/h6-11,14H,4-5,12-13H2,1-3H3,(H,21,22). The lowest BCUT2D eigenvalue weighted by Crippen LogP contribution is -2.14. The van der Waals surface area contributed by atoms with Gasteiger partial charge in [-0.1, -0.05) is 0 Å². The fraction of sp³-hybridized carbons (Fsp3) is 0.350. The van der Waals surface area contributed by atoms with Crippen molar-refractivity contribution in [2.24, 2.45) is 0 Å². The van der Waals surface area contributed by atoms with Crippen LogP contribution in [0, 0.1) is 0 Å². The molecule has 6 nitrogen and oxygen atoms in total. The van der Waals surface area contributed by atoms with Gasteiger partial charge in [0.1, 0.15) is 23.9 Å². The van der Waals surface area contributed by atoms with Crippen molar-refractivity contribution in [3.63, 3.8) is 0 Å². The fourth-order valence-electron chi connectivity index (χ4n) is 2.30. The Labute approximate surface area is 154 Å². The van der Waals surface area contributed by atoms with Crippen LogP contribution < -0.4 is 19.5 Å². The third-order valence-electron chi connectivity index (χ3n) is 3.48. The van der Waals surface area contributed by atoms with Crippen LogP contribution in [0.5, 0.6) is 17.2 Å². The summed E-state index contributed by atoms with van der Waals surface area (Å²) in [5.74, 6) is 1.64. The Kier molecular flexibility index (Phi) is 7.76. The van der Waals surface area contributed by atoms with Crippen LogP contribution in [0.4, 0.5) is 5.69 Å². The Morgan fingerprint density at radius 1 is 0.885 bits per heavy atom. The van der Waals surface area contributed by atoms with E-state index in [-0.39, 0.29) is 5.91 Å². The van der Waals surface area contributed by atoms with E-state index in [2.05, 4.69) is 5.32 Å². The molecular formula is C20H25NO5. The minimum absolute atomic E-state index is 0.246. The average molecular weight is 359 g/mol. The van der Waals surface area contributed by atoms with Gasteiger partial charge in [-0.25, -0.2) is 0 Å². The number of methoxy groups -OCH3 is 1. The van der Waals surface area contributed by atoms with Crippen LogP contribution in [0.25, 0.3) is 0 Å². The monoisotopic (exact) mass is 359 g/mol. The highest BCUT2D eigenvalue weighted by molar-refractivity contribution is 6.06. The van der Waals surface area contributed by atoms with E-state index in [0.29, 0.717) is 49.2 Å². The molecule has 0 radical (unpaired) electrons. The van der Waals surface area contributed by atoms with Crippen molar-refractivity contribution in [2.45, 2.75) is 13.8 Å². The average Bonchev–Trinajstić information content (AvgIpc) is 2.64. The van der Waals surface area contributed by atoms with Gasteiger partial charge in [0.05, 0.1) is 25.4 Å². The predicted octanol–water partition coefficient (Wildman–Crippen LogP) is 3.76. The summed E-state index contributed by atoms with van der Waals surface area (Å²) in [5, 5.41) is 2.86. The van der Waals surface area contributed by atoms with E-state index >= 15 is 0 Å². The Balaban J connectivity index is 2.06. The first-order valence-electron chi connectivity index (χ1n) is 8.60. The van der Waals surface area contributed by atoms with Gasteiger partial charge < -0.3 is 24.3 Å². The van der Waals surface area contributed by atoms with Crippen LogP contribution in [0.2, 0.25) is 0 Å². The van der Waals surface area contributed by atoms with Gasteiger partial charge in [0.15, 0.2) is 0 Å². The molecule has 0 saturated heterocycles. The zero-order chi connectivity index (χ0) is 18.8. The van der Waals surface area contributed by atoms with Crippen LogP contribution in [0.15, 0.2) is 42.5 Å². The second-order valence-electron chi connectivity index (χ2n) is 5.34. The number of hydrogen-bond donors (Lipinski definition) is 1. The van der Waals surface area contributed by atoms with Gasteiger partial charge in [-0.3, -0.25) is 4.79 Å². The summed E-state index contributed by atoms with van der Waals surface area (Å²) in [6.45, 7) is 5.79. The number of rotatable bonds is 10. The first kappa shape index (κ1) is 19.6. The Morgan fingerprint density at radius 2 is 1.58 bits per heavy atom. The van der Waals surface area contributed by atoms with Crippen molar-refractivity contribution in [2.75, 3.05) is 38.9 Å². The number of benzene rings is 2. The molecule has 2 aromatic rings. The molecule has 6 heteroatoms. The quantitative estimate of drug-likeness (QED) is 0.654. The Bertz CT molecular complexity index is 700. The zero-order valence-corrected chi connectivity index (χ0v) is 15.4. The molecule has 0 bridgehead atoms. The molecule has 1 amide bonds. The summed E-state index contributed by atoms with van der Waals surface area (Å²) in [5.41, 5.74) is 1.13.